The topological polar surface area (TPSA) is 58.2 Å². The molecule has 2 N–H and O–H groups in total. The van der Waals surface area contributed by atoms with Crippen LogP contribution in [0.3, 0.4) is 0 Å². The molecule has 0 heterocycles. The van der Waals surface area contributed by atoms with Crippen molar-refractivity contribution >= 4 is 24.4 Å². The third-order valence-corrected chi connectivity index (χ3v) is 2.70. The Bertz CT molecular complexity index is 512. The van der Waals surface area contributed by atoms with E-state index in [-0.39, 0.29) is 35.2 Å². The summed E-state index contributed by atoms with van der Waals surface area (Å²) in [6, 6.07) is 3.91. The molecule has 0 bridgehead atoms. The summed E-state index contributed by atoms with van der Waals surface area (Å²) in [6.07, 6.45) is 0.192. The van der Waals surface area contributed by atoms with Gasteiger partial charge in [0.25, 0.3) is 5.91 Å². The van der Waals surface area contributed by atoms with Crippen molar-refractivity contribution in [3.63, 3.8) is 0 Å². The van der Waals surface area contributed by atoms with Gasteiger partial charge in [-0.05, 0) is 39.0 Å². The molecule has 0 aliphatic rings. The fourth-order valence-corrected chi connectivity index (χ4v) is 1.74. The molecule has 0 spiro atoms. The molecule has 0 radical (unpaired) electrons. The van der Waals surface area contributed by atoms with Crippen molar-refractivity contribution in [2.24, 2.45) is 0 Å². The van der Waals surface area contributed by atoms with E-state index < -0.39 is 5.82 Å². The van der Waals surface area contributed by atoms with Crippen LogP contribution in [0.15, 0.2) is 23.1 Å². The fourth-order valence-electron chi connectivity index (χ4n) is 1.53. The Morgan fingerprint density at radius 2 is 1.95 bits per heavy atom. The van der Waals surface area contributed by atoms with E-state index in [0.717, 1.165) is 0 Å². The minimum Gasteiger partial charge on any atom is -0.352 e. The minimum atomic E-state index is -0.477. The van der Waals surface area contributed by atoms with E-state index in [1.807, 2.05) is 20.8 Å². The normalized spacial score (nSPS) is 11.1. The van der Waals surface area contributed by atoms with Gasteiger partial charge in [0.15, 0.2) is 0 Å². The number of thiol groups is 1. The highest BCUT2D eigenvalue weighted by atomic mass is 32.1. The predicted molar refractivity (Wildman–Crippen MR) is 78.5 cm³/mol. The van der Waals surface area contributed by atoms with Crippen LogP contribution in [0.25, 0.3) is 0 Å². The highest BCUT2D eigenvalue weighted by Gasteiger charge is 2.14. The van der Waals surface area contributed by atoms with E-state index in [1.54, 1.807) is 0 Å². The molecule has 1 rings (SSSR count). The molecule has 0 aliphatic carbocycles. The third kappa shape index (κ3) is 5.61. The molecular weight excluding hydrogens is 279 g/mol. The van der Waals surface area contributed by atoms with E-state index in [0.29, 0.717) is 5.56 Å². The minimum absolute atomic E-state index is 0.114. The molecule has 0 atom stereocenters. The summed E-state index contributed by atoms with van der Waals surface area (Å²) < 4.78 is 13.0. The average molecular weight is 298 g/mol. The molecule has 6 heteroatoms. The smallest absolute Gasteiger partial charge is 0.251 e. The molecule has 0 fully saturated rings. The molecule has 0 saturated carbocycles. The Hall–Kier alpha value is -1.56. The third-order valence-electron chi connectivity index (χ3n) is 2.36. The van der Waals surface area contributed by atoms with Crippen molar-refractivity contribution in [1.29, 1.82) is 0 Å². The van der Waals surface area contributed by atoms with Gasteiger partial charge in [0.2, 0.25) is 5.91 Å². The van der Waals surface area contributed by atoms with Crippen molar-refractivity contribution in [2.45, 2.75) is 37.6 Å². The number of hydrogen-bond acceptors (Lipinski definition) is 3. The van der Waals surface area contributed by atoms with Crippen LogP contribution in [0.4, 0.5) is 4.39 Å². The van der Waals surface area contributed by atoms with Gasteiger partial charge in [-0.3, -0.25) is 9.59 Å². The first-order chi connectivity index (χ1) is 9.19. The summed E-state index contributed by atoms with van der Waals surface area (Å²) in [6.45, 7) is 5.88. The second kappa shape index (κ2) is 6.74. The quantitative estimate of drug-likeness (QED) is 0.746. The number of benzene rings is 1. The summed E-state index contributed by atoms with van der Waals surface area (Å²) in [5.74, 6) is -0.968. The van der Waals surface area contributed by atoms with Crippen molar-refractivity contribution in [3.05, 3.63) is 29.6 Å². The first-order valence-electron chi connectivity index (χ1n) is 6.27. The summed E-state index contributed by atoms with van der Waals surface area (Å²) >= 11 is 3.91. The Labute approximate surface area is 123 Å². The zero-order valence-electron chi connectivity index (χ0n) is 11.8. The van der Waals surface area contributed by atoms with Crippen LogP contribution >= 0.6 is 12.6 Å². The summed E-state index contributed by atoms with van der Waals surface area (Å²) in [7, 11) is 0. The lowest BCUT2D eigenvalue weighted by atomic mass is 10.1. The summed E-state index contributed by atoms with van der Waals surface area (Å²) in [4.78, 5) is 23.4. The van der Waals surface area contributed by atoms with E-state index in [9.17, 15) is 14.0 Å². The lowest BCUT2D eigenvalue weighted by Crippen LogP contribution is -2.41. The molecule has 1 aromatic rings. The van der Waals surface area contributed by atoms with Gasteiger partial charge in [0.1, 0.15) is 5.82 Å². The molecule has 1 aromatic carbocycles. The molecule has 20 heavy (non-hydrogen) atoms. The molecule has 0 saturated heterocycles. The maximum atomic E-state index is 13.0. The largest absolute Gasteiger partial charge is 0.352 e. The van der Waals surface area contributed by atoms with E-state index in [2.05, 4.69) is 23.3 Å². The Morgan fingerprint density at radius 1 is 1.30 bits per heavy atom. The molecular formula is C14H19FN2O2S. The van der Waals surface area contributed by atoms with Gasteiger partial charge in [-0.2, -0.15) is 0 Å². The van der Waals surface area contributed by atoms with Gasteiger partial charge in [0, 0.05) is 29.0 Å². The Balaban J connectivity index is 2.44. The maximum absolute atomic E-state index is 13.0. The van der Waals surface area contributed by atoms with Crippen LogP contribution in [-0.4, -0.2) is 23.9 Å². The second-order valence-electron chi connectivity index (χ2n) is 5.47. The van der Waals surface area contributed by atoms with E-state index >= 15 is 0 Å². The number of amides is 2. The molecule has 2 amide bonds. The van der Waals surface area contributed by atoms with Crippen LogP contribution < -0.4 is 10.6 Å². The standard InChI is InChI=1S/C14H19FN2O2S/c1-14(2,3)17-12(18)6-7-16-13(19)9-4-5-10(15)11(20)8-9/h4-5,8,20H,6-7H2,1-3H3,(H,16,19)(H,17,18). The summed E-state index contributed by atoms with van der Waals surface area (Å²) in [5, 5.41) is 5.40. The number of rotatable bonds is 4. The lowest BCUT2D eigenvalue weighted by Gasteiger charge is -2.20. The lowest BCUT2D eigenvalue weighted by molar-refractivity contribution is -0.122. The van der Waals surface area contributed by atoms with Gasteiger partial charge < -0.3 is 10.6 Å². The average Bonchev–Trinajstić information content (AvgIpc) is 2.30. The number of hydrogen-bond donors (Lipinski definition) is 3. The maximum Gasteiger partial charge on any atom is 0.251 e. The highest BCUT2D eigenvalue weighted by Crippen LogP contribution is 2.14. The molecule has 0 aromatic heterocycles. The molecule has 110 valence electrons. The first kappa shape index (κ1) is 16.5. The van der Waals surface area contributed by atoms with Crippen LogP contribution in [0.1, 0.15) is 37.6 Å². The number of nitrogens with one attached hydrogen (secondary N) is 2. The van der Waals surface area contributed by atoms with Gasteiger partial charge in [-0.1, -0.05) is 0 Å². The van der Waals surface area contributed by atoms with Gasteiger partial charge in [-0.25, -0.2) is 4.39 Å². The van der Waals surface area contributed by atoms with Gasteiger partial charge in [-0.15, -0.1) is 12.6 Å². The van der Waals surface area contributed by atoms with Crippen molar-refractivity contribution < 1.29 is 14.0 Å². The van der Waals surface area contributed by atoms with Gasteiger partial charge >= 0.3 is 0 Å². The number of carbonyl (C=O) groups excluding carboxylic acids is 2. The van der Waals surface area contributed by atoms with Crippen LogP contribution in [-0.2, 0) is 4.79 Å². The Morgan fingerprint density at radius 3 is 2.50 bits per heavy atom. The highest BCUT2D eigenvalue weighted by molar-refractivity contribution is 7.80. The summed E-state index contributed by atoms with van der Waals surface area (Å²) in [5.41, 5.74) is 0.0199. The van der Waals surface area contributed by atoms with Crippen molar-refractivity contribution in [1.82, 2.24) is 10.6 Å². The van der Waals surface area contributed by atoms with Crippen LogP contribution in [0.5, 0.6) is 0 Å². The Kier molecular flexibility index (Phi) is 5.56. The van der Waals surface area contributed by atoms with Crippen LogP contribution in [0, 0.1) is 5.82 Å². The van der Waals surface area contributed by atoms with E-state index in [1.165, 1.54) is 18.2 Å². The zero-order valence-corrected chi connectivity index (χ0v) is 12.7. The number of halogens is 1. The monoisotopic (exact) mass is 298 g/mol. The number of carbonyl (C=O) groups is 2. The van der Waals surface area contributed by atoms with Crippen LogP contribution in [0.2, 0.25) is 0 Å². The van der Waals surface area contributed by atoms with E-state index in [4.69, 9.17) is 0 Å². The zero-order chi connectivity index (χ0) is 15.3. The second-order valence-corrected chi connectivity index (χ2v) is 5.95. The molecule has 0 unspecified atom stereocenters. The van der Waals surface area contributed by atoms with Gasteiger partial charge in [0.05, 0.1) is 0 Å². The SMILES string of the molecule is CC(C)(C)NC(=O)CCNC(=O)c1ccc(F)c(S)c1. The molecule has 0 aliphatic heterocycles. The first-order valence-corrected chi connectivity index (χ1v) is 6.71. The molecule has 4 nitrogen and oxygen atoms in total. The predicted octanol–water partition coefficient (Wildman–Crippen LogP) is 2.15. The van der Waals surface area contributed by atoms with Crippen molar-refractivity contribution in [3.8, 4) is 0 Å². The fraction of sp³-hybridized carbons (Fsp3) is 0.429. The van der Waals surface area contributed by atoms with Crippen molar-refractivity contribution in [2.75, 3.05) is 6.54 Å².